The number of nitrogens with zero attached hydrogens (tertiary/aromatic N) is 2. The zero-order chi connectivity index (χ0) is 23.7. The molecule has 1 aliphatic heterocycles. The molecule has 1 amide bonds. The van der Waals surface area contributed by atoms with E-state index in [0.717, 1.165) is 11.1 Å². The average molecular weight is 483 g/mol. The van der Waals surface area contributed by atoms with Gasteiger partial charge in [-0.2, -0.15) is 0 Å². The number of ether oxygens (including phenoxy) is 1. The number of benzene rings is 2. The molecule has 1 saturated heterocycles. The van der Waals surface area contributed by atoms with Crippen LogP contribution >= 0.6 is 23.2 Å². The van der Waals surface area contributed by atoms with Crippen LogP contribution in [-0.2, 0) is 16.1 Å². The Bertz CT molecular complexity index is 1250. The van der Waals surface area contributed by atoms with Crippen LogP contribution in [0.3, 0.4) is 0 Å². The third kappa shape index (κ3) is 4.19. The number of halogens is 2. The van der Waals surface area contributed by atoms with Gasteiger partial charge in [0.2, 0.25) is 0 Å². The summed E-state index contributed by atoms with van der Waals surface area (Å²) in [6.07, 6.45) is 1.62. The first kappa shape index (κ1) is 22.8. The van der Waals surface area contributed by atoms with Crippen LogP contribution < -0.4 is 4.74 Å². The molecular formula is C25H20Cl2N2O4. The lowest BCUT2D eigenvalue weighted by molar-refractivity contribution is -0.140. The molecule has 0 radical (unpaired) electrons. The quantitative estimate of drug-likeness (QED) is 0.302. The molecule has 1 N–H and O–H groups in total. The highest BCUT2D eigenvalue weighted by molar-refractivity contribution is 6.46. The molecular weight excluding hydrogens is 463 g/mol. The molecule has 33 heavy (non-hydrogen) atoms. The summed E-state index contributed by atoms with van der Waals surface area (Å²) in [7, 11) is 1.42. The van der Waals surface area contributed by atoms with Gasteiger partial charge in [0.1, 0.15) is 5.76 Å². The molecule has 2 heterocycles. The average Bonchev–Trinajstić information content (AvgIpc) is 3.04. The number of amides is 1. The van der Waals surface area contributed by atoms with Gasteiger partial charge in [0, 0.05) is 11.8 Å². The van der Waals surface area contributed by atoms with Crippen molar-refractivity contribution in [2.45, 2.75) is 19.5 Å². The fraction of sp³-hybridized carbons (Fsp3) is 0.160. The molecule has 1 fully saturated rings. The molecule has 8 heteroatoms. The Morgan fingerprint density at radius 2 is 1.76 bits per heavy atom. The zero-order valence-corrected chi connectivity index (χ0v) is 19.4. The van der Waals surface area contributed by atoms with Crippen molar-refractivity contribution in [2.75, 3.05) is 7.11 Å². The predicted molar refractivity (Wildman–Crippen MR) is 126 cm³/mol. The van der Waals surface area contributed by atoms with E-state index in [0.29, 0.717) is 5.69 Å². The molecule has 6 nitrogen and oxygen atoms in total. The number of hydrogen-bond donors (Lipinski definition) is 1. The lowest BCUT2D eigenvalue weighted by Gasteiger charge is -2.26. The second-order valence-corrected chi connectivity index (χ2v) is 8.39. The molecule has 2 aromatic carbocycles. The number of methoxy groups -OCH3 is 1. The van der Waals surface area contributed by atoms with Crippen LogP contribution in [0.1, 0.15) is 28.4 Å². The summed E-state index contributed by atoms with van der Waals surface area (Å²) in [5, 5.41) is 11.6. The number of hydrogen-bond acceptors (Lipinski definition) is 5. The lowest BCUT2D eigenvalue weighted by Crippen LogP contribution is -2.29. The zero-order valence-electron chi connectivity index (χ0n) is 17.9. The first-order valence-electron chi connectivity index (χ1n) is 10.1. The number of aliphatic hydroxyl groups is 1. The van der Waals surface area contributed by atoms with Gasteiger partial charge in [-0.05, 0) is 42.3 Å². The molecule has 1 atom stereocenters. The first-order chi connectivity index (χ1) is 15.8. The number of ketones is 1. The van der Waals surface area contributed by atoms with E-state index in [2.05, 4.69) is 4.98 Å². The van der Waals surface area contributed by atoms with E-state index in [4.69, 9.17) is 27.9 Å². The molecule has 168 valence electrons. The van der Waals surface area contributed by atoms with Gasteiger partial charge in [0.05, 0.1) is 41.0 Å². The largest absolute Gasteiger partial charge is 0.507 e. The van der Waals surface area contributed by atoms with Crippen LogP contribution in [0.2, 0.25) is 10.0 Å². The molecule has 1 unspecified atom stereocenters. The van der Waals surface area contributed by atoms with Crippen LogP contribution in [0.4, 0.5) is 0 Å². The molecule has 0 saturated carbocycles. The van der Waals surface area contributed by atoms with Crippen molar-refractivity contribution in [2.24, 2.45) is 0 Å². The third-order valence-electron chi connectivity index (χ3n) is 5.56. The van der Waals surface area contributed by atoms with Crippen LogP contribution in [0.25, 0.3) is 5.76 Å². The molecule has 4 rings (SSSR count). The van der Waals surface area contributed by atoms with Crippen molar-refractivity contribution in [3.8, 4) is 5.75 Å². The van der Waals surface area contributed by atoms with E-state index in [-0.39, 0.29) is 39.2 Å². The maximum atomic E-state index is 13.2. The SMILES string of the molecule is COc1c(Cl)cc(/C(O)=C2\C(=O)C(=O)N(Cc3ccccn3)C2c2ccccc2C)cc1Cl. The van der Waals surface area contributed by atoms with Crippen molar-refractivity contribution in [3.05, 3.63) is 98.8 Å². The second-order valence-electron chi connectivity index (χ2n) is 7.58. The van der Waals surface area contributed by atoms with Gasteiger partial charge in [-0.25, -0.2) is 0 Å². The van der Waals surface area contributed by atoms with Crippen molar-refractivity contribution < 1.29 is 19.4 Å². The molecule has 1 aromatic heterocycles. The van der Waals surface area contributed by atoms with Gasteiger partial charge in [-0.15, -0.1) is 0 Å². The Balaban J connectivity index is 1.91. The molecule has 3 aromatic rings. The number of rotatable bonds is 5. The van der Waals surface area contributed by atoms with Crippen LogP contribution in [0.15, 0.2) is 66.4 Å². The van der Waals surface area contributed by atoms with E-state index in [1.807, 2.05) is 37.3 Å². The summed E-state index contributed by atoms with van der Waals surface area (Å²) in [5.74, 6) is -1.63. The fourth-order valence-corrected chi connectivity index (χ4v) is 4.61. The van der Waals surface area contributed by atoms with Crippen molar-refractivity contribution in [3.63, 3.8) is 0 Å². The van der Waals surface area contributed by atoms with Gasteiger partial charge < -0.3 is 14.7 Å². The molecule has 0 spiro atoms. The van der Waals surface area contributed by atoms with Crippen LogP contribution in [0.5, 0.6) is 5.75 Å². The summed E-state index contributed by atoms with van der Waals surface area (Å²) < 4.78 is 5.17. The van der Waals surface area contributed by atoms with E-state index >= 15 is 0 Å². The highest BCUT2D eigenvalue weighted by Crippen LogP contribution is 2.43. The van der Waals surface area contributed by atoms with Crippen LogP contribution in [0, 0.1) is 6.92 Å². The normalized spacial score (nSPS) is 17.5. The van der Waals surface area contributed by atoms with Gasteiger partial charge in [0.25, 0.3) is 11.7 Å². The molecule has 0 aliphatic carbocycles. The molecule has 1 aliphatic rings. The monoisotopic (exact) mass is 482 g/mol. The Hall–Kier alpha value is -3.35. The van der Waals surface area contributed by atoms with Crippen molar-refractivity contribution in [1.29, 1.82) is 0 Å². The summed E-state index contributed by atoms with van der Waals surface area (Å²) in [6.45, 7) is 1.99. The smallest absolute Gasteiger partial charge is 0.296 e. The van der Waals surface area contributed by atoms with Gasteiger partial charge in [-0.3, -0.25) is 14.6 Å². The summed E-state index contributed by atoms with van der Waals surface area (Å²) >= 11 is 12.5. The van der Waals surface area contributed by atoms with Crippen molar-refractivity contribution >= 4 is 40.7 Å². The first-order valence-corrected chi connectivity index (χ1v) is 10.9. The number of aryl methyl sites for hydroxylation is 1. The summed E-state index contributed by atoms with van der Waals surface area (Å²) in [6, 6.07) is 14.8. The van der Waals surface area contributed by atoms with Crippen molar-refractivity contribution in [1.82, 2.24) is 9.88 Å². The van der Waals surface area contributed by atoms with Gasteiger partial charge >= 0.3 is 0 Å². The third-order valence-corrected chi connectivity index (χ3v) is 6.12. The number of carbonyl (C=O) groups is 2. The minimum absolute atomic E-state index is 0.0393. The standard InChI is InChI=1S/C25H20Cl2N2O4/c1-14-7-3-4-9-17(14)21-20(22(30)15-11-18(26)24(33-2)19(27)12-15)23(31)25(32)29(21)13-16-8-5-6-10-28-16/h3-12,21,30H,13H2,1-2H3/b22-20+. The van der Waals surface area contributed by atoms with Gasteiger partial charge in [0.15, 0.2) is 5.75 Å². The number of pyridine rings is 1. The van der Waals surface area contributed by atoms with E-state index < -0.39 is 17.7 Å². The summed E-state index contributed by atoms with van der Waals surface area (Å²) in [5.41, 5.74) is 2.38. The maximum Gasteiger partial charge on any atom is 0.296 e. The maximum absolute atomic E-state index is 13.2. The van der Waals surface area contributed by atoms with Crippen LogP contribution in [-0.4, -0.2) is 33.8 Å². The number of carbonyl (C=O) groups excluding carboxylic acids is 2. The fourth-order valence-electron chi connectivity index (χ4n) is 3.97. The topological polar surface area (TPSA) is 79.7 Å². The minimum atomic E-state index is -0.812. The minimum Gasteiger partial charge on any atom is -0.507 e. The summed E-state index contributed by atoms with van der Waals surface area (Å²) in [4.78, 5) is 32.0. The Morgan fingerprint density at radius 1 is 1.09 bits per heavy atom. The lowest BCUT2D eigenvalue weighted by atomic mass is 9.92. The number of Topliss-reactive ketones (excluding diaryl/α,β-unsaturated/α-hetero) is 1. The highest BCUT2D eigenvalue weighted by atomic mass is 35.5. The van der Waals surface area contributed by atoms with E-state index in [1.54, 1.807) is 18.3 Å². The predicted octanol–water partition coefficient (Wildman–Crippen LogP) is 5.33. The highest BCUT2D eigenvalue weighted by Gasteiger charge is 2.46. The van der Waals surface area contributed by atoms with E-state index in [1.165, 1.54) is 24.1 Å². The number of aliphatic hydroxyl groups excluding tert-OH is 1. The Kier molecular flexibility index (Phi) is 6.40. The Morgan fingerprint density at radius 3 is 2.36 bits per heavy atom. The Labute approximate surface area is 201 Å². The molecule has 0 bridgehead atoms. The number of aromatic nitrogens is 1. The van der Waals surface area contributed by atoms with E-state index in [9.17, 15) is 14.7 Å². The number of likely N-dealkylation sites (tertiary alicyclic amines) is 1. The van der Waals surface area contributed by atoms with Gasteiger partial charge in [-0.1, -0.05) is 53.5 Å². The second kappa shape index (κ2) is 9.25.